The van der Waals surface area contributed by atoms with Gasteiger partial charge < -0.3 is 14.0 Å². The SMILES string of the molecule is Cc1ccc([Si]23c4ccccc4OB(Oc4ccccc42)Oc2ccccc23)cc1. The van der Waals surface area contributed by atoms with E-state index < -0.39 is 15.4 Å². The lowest BCUT2D eigenvalue weighted by Gasteiger charge is -2.41. The van der Waals surface area contributed by atoms with Gasteiger partial charge in [0.2, 0.25) is 0 Å². The average molecular weight is 406 g/mol. The highest BCUT2D eigenvalue weighted by Gasteiger charge is 2.52. The Labute approximate surface area is 177 Å². The van der Waals surface area contributed by atoms with Crippen molar-refractivity contribution in [1.82, 2.24) is 0 Å². The first-order chi connectivity index (χ1) is 14.8. The molecule has 3 nitrogen and oxygen atoms in total. The van der Waals surface area contributed by atoms with Crippen molar-refractivity contribution < 1.29 is 14.0 Å². The van der Waals surface area contributed by atoms with Crippen LogP contribution in [-0.4, -0.2) is 15.4 Å². The van der Waals surface area contributed by atoms with E-state index in [0.717, 1.165) is 17.2 Å². The maximum atomic E-state index is 6.28. The first kappa shape index (κ1) is 17.4. The third-order valence-corrected chi connectivity index (χ3v) is 10.9. The van der Waals surface area contributed by atoms with E-state index in [1.54, 1.807) is 0 Å². The van der Waals surface area contributed by atoms with Gasteiger partial charge >= 0.3 is 7.32 Å². The maximum Gasteiger partial charge on any atom is 0.864 e. The third-order valence-electron chi connectivity index (χ3n) is 6.03. The fourth-order valence-corrected chi connectivity index (χ4v) is 9.77. The van der Waals surface area contributed by atoms with Gasteiger partial charge in [-0.2, -0.15) is 0 Å². The largest absolute Gasteiger partial charge is 0.864 e. The van der Waals surface area contributed by atoms with E-state index in [0.29, 0.717) is 0 Å². The zero-order chi connectivity index (χ0) is 20.1. The Morgan fingerprint density at radius 1 is 0.533 bits per heavy atom. The van der Waals surface area contributed by atoms with Crippen molar-refractivity contribution in [2.24, 2.45) is 0 Å². The van der Waals surface area contributed by atoms with Crippen molar-refractivity contribution in [3.63, 3.8) is 0 Å². The van der Waals surface area contributed by atoms with Gasteiger partial charge in [0, 0.05) is 0 Å². The van der Waals surface area contributed by atoms with E-state index in [9.17, 15) is 0 Å². The van der Waals surface area contributed by atoms with Gasteiger partial charge in [0.05, 0.1) is 0 Å². The van der Waals surface area contributed by atoms with E-state index in [2.05, 4.69) is 67.6 Å². The fourth-order valence-electron chi connectivity index (χ4n) is 4.73. The molecule has 30 heavy (non-hydrogen) atoms. The summed E-state index contributed by atoms with van der Waals surface area (Å²) in [5.41, 5.74) is 1.24. The lowest BCUT2D eigenvalue weighted by Crippen LogP contribution is -2.77. The quantitative estimate of drug-likeness (QED) is 0.455. The molecule has 0 saturated heterocycles. The number of hydrogen-bond donors (Lipinski definition) is 0. The van der Waals surface area contributed by atoms with Crippen molar-refractivity contribution in [2.45, 2.75) is 6.92 Å². The summed E-state index contributed by atoms with van der Waals surface area (Å²) in [6.45, 7) is 2.12. The van der Waals surface area contributed by atoms with Gasteiger partial charge in [-0.15, -0.1) is 0 Å². The molecule has 0 N–H and O–H groups in total. The van der Waals surface area contributed by atoms with Crippen LogP contribution in [0, 0.1) is 6.92 Å². The standard InChI is InChI=1S/C25H19BO3Si/c1-18-14-16-19(17-15-18)30-23-11-5-2-8-20(23)27-26(28-21-9-3-6-12-24(21)30)29-22-10-4-7-13-25(22)30/h2-17H,1H3. The van der Waals surface area contributed by atoms with Gasteiger partial charge in [-0.05, 0) is 45.9 Å². The van der Waals surface area contributed by atoms with E-state index in [1.165, 1.54) is 26.3 Å². The van der Waals surface area contributed by atoms with Crippen LogP contribution in [0.3, 0.4) is 0 Å². The number of rotatable bonds is 1. The summed E-state index contributed by atoms with van der Waals surface area (Å²) in [6, 6.07) is 33.9. The Hall–Kier alpha value is -3.44. The van der Waals surface area contributed by atoms with Crippen molar-refractivity contribution >= 4 is 36.1 Å². The number of benzene rings is 4. The fraction of sp³-hybridized carbons (Fsp3) is 0.0400. The molecule has 3 aliphatic heterocycles. The van der Waals surface area contributed by atoms with Gasteiger partial charge in [0.15, 0.2) is 8.07 Å². The minimum Gasteiger partial charge on any atom is -0.490 e. The summed E-state index contributed by atoms with van der Waals surface area (Å²) in [5.74, 6) is 2.45. The molecule has 144 valence electrons. The molecule has 0 unspecified atom stereocenters. The molecule has 2 bridgehead atoms. The van der Waals surface area contributed by atoms with Crippen LogP contribution in [0.5, 0.6) is 17.2 Å². The molecule has 0 atom stereocenters. The molecule has 3 heterocycles. The van der Waals surface area contributed by atoms with Gasteiger partial charge in [-0.3, -0.25) is 0 Å². The van der Waals surface area contributed by atoms with Crippen molar-refractivity contribution in [1.29, 1.82) is 0 Å². The van der Waals surface area contributed by atoms with Gasteiger partial charge in [-0.1, -0.05) is 84.4 Å². The highest BCUT2D eigenvalue weighted by Crippen LogP contribution is 2.29. The Bertz CT molecular complexity index is 1130. The van der Waals surface area contributed by atoms with Crippen molar-refractivity contribution in [2.75, 3.05) is 0 Å². The van der Waals surface area contributed by atoms with Crippen molar-refractivity contribution in [3.8, 4) is 17.2 Å². The molecule has 0 radical (unpaired) electrons. The van der Waals surface area contributed by atoms with Crippen molar-refractivity contribution in [3.05, 3.63) is 103 Å². The van der Waals surface area contributed by atoms with Crippen LogP contribution < -0.4 is 34.7 Å². The molecule has 5 heteroatoms. The number of para-hydroxylation sites is 3. The topological polar surface area (TPSA) is 27.7 Å². The first-order valence-corrected chi connectivity index (χ1v) is 12.1. The predicted molar refractivity (Wildman–Crippen MR) is 122 cm³/mol. The Morgan fingerprint density at radius 3 is 1.37 bits per heavy atom. The second kappa shape index (κ2) is 6.54. The zero-order valence-electron chi connectivity index (χ0n) is 16.5. The van der Waals surface area contributed by atoms with Crippen LogP contribution in [-0.2, 0) is 0 Å². The zero-order valence-corrected chi connectivity index (χ0v) is 17.5. The Morgan fingerprint density at radius 2 is 0.933 bits per heavy atom. The molecule has 4 aromatic carbocycles. The van der Waals surface area contributed by atoms with E-state index in [4.69, 9.17) is 14.0 Å². The van der Waals surface area contributed by atoms with Crippen LogP contribution in [0.15, 0.2) is 97.1 Å². The number of hydrogen-bond acceptors (Lipinski definition) is 3. The van der Waals surface area contributed by atoms with Gasteiger partial charge in [0.25, 0.3) is 0 Å². The summed E-state index contributed by atoms with van der Waals surface area (Å²) >= 11 is 0. The molecule has 4 aromatic rings. The Kier molecular flexibility index (Phi) is 3.80. The third kappa shape index (κ3) is 2.39. The monoisotopic (exact) mass is 406 g/mol. The van der Waals surface area contributed by atoms with Crippen LogP contribution >= 0.6 is 0 Å². The molecular weight excluding hydrogens is 387 g/mol. The molecule has 0 aromatic heterocycles. The predicted octanol–water partition coefficient (Wildman–Crippen LogP) is 2.52. The van der Waals surface area contributed by atoms with Crippen LogP contribution in [0.4, 0.5) is 0 Å². The lowest BCUT2D eigenvalue weighted by molar-refractivity contribution is 0.308. The molecule has 0 saturated carbocycles. The molecule has 3 aliphatic rings. The van der Waals surface area contributed by atoms with Crippen LogP contribution in [0.1, 0.15) is 5.56 Å². The highest BCUT2D eigenvalue weighted by molar-refractivity contribution is 7.21. The first-order valence-electron chi connectivity index (χ1n) is 10.1. The van der Waals surface area contributed by atoms with Crippen LogP contribution in [0.25, 0.3) is 0 Å². The highest BCUT2D eigenvalue weighted by atomic mass is 28.3. The summed E-state index contributed by atoms with van der Waals surface area (Å²) in [6.07, 6.45) is 0. The van der Waals surface area contributed by atoms with Crippen LogP contribution in [0.2, 0.25) is 0 Å². The molecule has 7 rings (SSSR count). The van der Waals surface area contributed by atoms with E-state index in [-0.39, 0.29) is 0 Å². The smallest absolute Gasteiger partial charge is 0.490 e. The summed E-state index contributed by atoms with van der Waals surface area (Å²) in [7, 11) is -3.61. The Balaban J connectivity index is 1.85. The normalized spacial score (nSPS) is 15.2. The van der Waals surface area contributed by atoms with E-state index in [1.807, 2.05) is 36.4 Å². The second-order valence-corrected chi connectivity index (χ2v) is 11.4. The summed E-state index contributed by atoms with van der Waals surface area (Å²) in [4.78, 5) is 0. The second-order valence-electron chi connectivity index (χ2n) is 7.75. The summed E-state index contributed by atoms with van der Waals surface area (Å²) < 4.78 is 18.8. The van der Waals surface area contributed by atoms with E-state index >= 15 is 0 Å². The maximum absolute atomic E-state index is 6.28. The average Bonchev–Trinajstić information content (AvgIpc) is 2.75. The molecule has 0 amide bonds. The molecule has 0 spiro atoms. The summed E-state index contributed by atoms with van der Waals surface area (Å²) in [5, 5.41) is 4.91. The molecular formula is C25H19BO3Si. The molecule has 0 aliphatic carbocycles. The molecule has 0 fully saturated rings. The lowest BCUT2D eigenvalue weighted by atomic mass is 10.1. The minimum absolute atomic E-state index is 0.818. The van der Waals surface area contributed by atoms with Gasteiger partial charge in [0.1, 0.15) is 17.2 Å². The number of aryl methyl sites for hydroxylation is 1. The minimum atomic E-state index is -2.76. The van der Waals surface area contributed by atoms with Gasteiger partial charge in [-0.25, -0.2) is 0 Å².